The number of hydrogen-bond acceptors (Lipinski definition) is 6. The summed E-state index contributed by atoms with van der Waals surface area (Å²) in [7, 11) is 2.96. The van der Waals surface area contributed by atoms with Crippen LogP contribution in [0.4, 0.5) is 4.79 Å². The number of alkyl halides is 1. The summed E-state index contributed by atoms with van der Waals surface area (Å²) in [5.41, 5.74) is -0.419. The summed E-state index contributed by atoms with van der Waals surface area (Å²) in [6, 6.07) is 6.78. The number of hydrogen-bond donors (Lipinski definition) is 0. The van der Waals surface area contributed by atoms with Crippen LogP contribution in [-0.2, 0) is 25.6 Å². The molecule has 0 saturated carbocycles. The number of esters is 1. The highest BCUT2D eigenvalue weighted by molar-refractivity contribution is 9.09. The van der Waals surface area contributed by atoms with Crippen LogP contribution >= 0.6 is 15.9 Å². The third-order valence-electron chi connectivity index (χ3n) is 5.82. The zero-order chi connectivity index (χ0) is 24.6. The minimum atomic E-state index is -0.838. The van der Waals surface area contributed by atoms with Crippen LogP contribution in [-0.4, -0.2) is 60.8 Å². The Balaban J connectivity index is 2.42. The summed E-state index contributed by atoms with van der Waals surface area (Å²) in [6.07, 6.45) is 2.76. The standard InChI is InChI=1S/C25H36BrNO6/c1-7-13-25(14-8-15-26)20(32-17-18-9-11-19(30-5)12-10-18)16-27(21(25)22(28)31-6)23(29)33-24(2,3)4/h7,9-12,20-21H,1,8,13-17H2,2-6H3/t20?,21-,25+/m1/s1. The van der Waals surface area contributed by atoms with Gasteiger partial charge in [0.2, 0.25) is 0 Å². The Morgan fingerprint density at radius 1 is 1.24 bits per heavy atom. The molecule has 0 radical (unpaired) electrons. The lowest BCUT2D eigenvalue weighted by atomic mass is 9.72. The molecule has 0 spiro atoms. The van der Waals surface area contributed by atoms with Gasteiger partial charge in [-0.1, -0.05) is 34.1 Å². The SMILES string of the molecule is C=CC[C@]1(CCCBr)C(OCc2ccc(OC)cc2)CN(C(=O)OC(C)(C)C)[C@@H]1C(=O)OC. The highest BCUT2D eigenvalue weighted by atomic mass is 79.9. The number of amides is 1. The lowest BCUT2D eigenvalue weighted by molar-refractivity contribution is -0.151. The molecule has 7 nitrogen and oxygen atoms in total. The Morgan fingerprint density at radius 2 is 1.91 bits per heavy atom. The fourth-order valence-corrected chi connectivity index (χ4v) is 4.65. The Hall–Kier alpha value is -2.06. The van der Waals surface area contributed by atoms with Crippen molar-refractivity contribution in [1.29, 1.82) is 0 Å². The number of halogens is 1. The van der Waals surface area contributed by atoms with Gasteiger partial charge in [-0.15, -0.1) is 6.58 Å². The maximum absolute atomic E-state index is 13.1. The molecule has 1 saturated heterocycles. The molecule has 1 aliphatic rings. The van der Waals surface area contributed by atoms with Crippen molar-refractivity contribution < 1.29 is 28.5 Å². The number of rotatable bonds is 10. The number of likely N-dealkylation sites (tertiary alicyclic amines) is 1. The maximum atomic E-state index is 13.1. The van der Waals surface area contributed by atoms with E-state index in [1.807, 2.05) is 24.3 Å². The number of methoxy groups -OCH3 is 2. The number of carbonyl (C=O) groups excluding carboxylic acids is 2. The van der Waals surface area contributed by atoms with Gasteiger partial charge >= 0.3 is 12.1 Å². The topological polar surface area (TPSA) is 74.3 Å². The summed E-state index contributed by atoms with van der Waals surface area (Å²) in [6.45, 7) is 9.88. The minimum Gasteiger partial charge on any atom is -0.497 e. The van der Waals surface area contributed by atoms with Crippen molar-refractivity contribution >= 4 is 28.0 Å². The Labute approximate surface area is 205 Å². The molecular weight excluding hydrogens is 490 g/mol. The molecule has 1 aliphatic heterocycles. The van der Waals surface area contributed by atoms with Gasteiger partial charge < -0.3 is 18.9 Å². The van der Waals surface area contributed by atoms with Crippen LogP contribution in [0.1, 0.15) is 45.6 Å². The molecule has 2 rings (SSSR count). The molecule has 1 amide bonds. The summed E-state index contributed by atoms with van der Waals surface area (Å²) < 4.78 is 22.4. The van der Waals surface area contributed by atoms with Gasteiger partial charge in [0.05, 0.1) is 33.5 Å². The van der Waals surface area contributed by atoms with Crippen LogP contribution in [0.25, 0.3) is 0 Å². The van der Waals surface area contributed by atoms with Crippen LogP contribution in [0.5, 0.6) is 5.75 Å². The number of nitrogens with zero attached hydrogens (tertiary/aromatic N) is 1. The number of carbonyl (C=O) groups is 2. The van der Waals surface area contributed by atoms with Gasteiger partial charge in [0.1, 0.15) is 17.4 Å². The molecule has 1 aromatic carbocycles. The highest BCUT2D eigenvalue weighted by Crippen LogP contribution is 2.47. The zero-order valence-electron chi connectivity index (χ0n) is 20.3. The van der Waals surface area contributed by atoms with Gasteiger partial charge in [-0.05, 0) is 57.7 Å². The lowest BCUT2D eigenvalue weighted by Gasteiger charge is -2.38. The molecule has 1 fully saturated rings. The van der Waals surface area contributed by atoms with Crippen molar-refractivity contribution in [3.05, 3.63) is 42.5 Å². The third-order valence-corrected chi connectivity index (χ3v) is 6.38. The molecule has 1 aromatic rings. The van der Waals surface area contributed by atoms with Gasteiger partial charge in [0.15, 0.2) is 0 Å². The first-order valence-corrected chi connectivity index (χ1v) is 12.2. The second kappa shape index (κ2) is 11.9. The molecule has 0 aliphatic carbocycles. The molecule has 0 bridgehead atoms. The Morgan fingerprint density at radius 3 is 2.42 bits per heavy atom. The quantitative estimate of drug-likeness (QED) is 0.240. The van der Waals surface area contributed by atoms with Crippen LogP contribution in [0.3, 0.4) is 0 Å². The average Bonchev–Trinajstić information content (AvgIpc) is 3.09. The summed E-state index contributed by atoms with van der Waals surface area (Å²) in [5, 5.41) is 0.761. The average molecular weight is 526 g/mol. The van der Waals surface area contributed by atoms with Crippen molar-refractivity contribution in [1.82, 2.24) is 4.90 Å². The normalized spacial score (nSPS) is 22.7. The third kappa shape index (κ3) is 6.73. The van der Waals surface area contributed by atoms with E-state index in [0.29, 0.717) is 19.4 Å². The molecule has 8 heteroatoms. The molecule has 1 unspecified atom stereocenters. The number of allylic oxidation sites excluding steroid dienone is 1. The van der Waals surface area contributed by atoms with Gasteiger partial charge in [-0.2, -0.15) is 0 Å². The van der Waals surface area contributed by atoms with Gasteiger partial charge in [-0.3, -0.25) is 4.90 Å². The Bertz CT molecular complexity index is 806. The van der Waals surface area contributed by atoms with Crippen LogP contribution in [0.15, 0.2) is 36.9 Å². The van der Waals surface area contributed by atoms with Crippen LogP contribution in [0.2, 0.25) is 0 Å². The first-order chi connectivity index (χ1) is 15.6. The van der Waals surface area contributed by atoms with E-state index >= 15 is 0 Å². The van der Waals surface area contributed by atoms with E-state index in [9.17, 15) is 9.59 Å². The monoisotopic (exact) mass is 525 g/mol. The van der Waals surface area contributed by atoms with E-state index in [1.165, 1.54) is 12.0 Å². The largest absolute Gasteiger partial charge is 0.497 e. The molecule has 33 heavy (non-hydrogen) atoms. The van der Waals surface area contributed by atoms with Crippen molar-refractivity contribution in [3.63, 3.8) is 0 Å². The molecule has 3 atom stereocenters. The molecule has 0 aromatic heterocycles. The summed E-state index contributed by atoms with van der Waals surface area (Å²) in [5.74, 6) is 0.285. The van der Waals surface area contributed by atoms with Crippen LogP contribution < -0.4 is 4.74 Å². The second-order valence-electron chi connectivity index (χ2n) is 9.22. The van der Waals surface area contributed by atoms with E-state index in [1.54, 1.807) is 34.0 Å². The van der Waals surface area contributed by atoms with Crippen molar-refractivity contribution in [2.75, 3.05) is 26.1 Å². The zero-order valence-corrected chi connectivity index (χ0v) is 21.9. The van der Waals surface area contributed by atoms with Gasteiger partial charge in [-0.25, -0.2) is 9.59 Å². The Kier molecular flexibility index (Phi) is 9.79. The molecule has 0 N–H and O–H groups in total. The summed E-state index contributed by atoms with van der Waals surface area (Å²) >= 11 is 3.50. The predicted molar refractivity (Wildman–Crippen MR) is 131 cm³/mol. The number of ether oxygens (including phenoxy) is 4. The van der Waals surface area contributed by atoms with Crippen molar-refractivity contribution in [2.24, 2.45) is 5.41 Å². The molecular formula is C25H36BrNO6. The fraction of sp³-hybridized carbons (Fsp3) is 0.600. The smallest absolute Gasteiger partial charge is 0.411 e. The van der Waals surface area contributed by atoms with E-state index in [2.05, 4.69) is 22.5 Å². The minimum absolute atomic E-state index is 0.223. The van der Waals surface area contributed by atoms with E-state index < -0.39 is 35.2 Å². The lowest BCUT2D eigenvalue weighted by Crippen LogP contribution is -2.51. The van der Waals surface area contributed by atoms with Crippen molar-refractivity contribution in [2.45, 2.75) is 64.4 Å². The number of benzene rings is 1. The first-order valence-electron chi connectivity index (χ1n) is 11.1. The fourth-order valence-electron chi connectivity index (χ4n) is 4.37. The second-order valence-corrected chi connectivity index (χ2v) is 10.0. The maximum Gasteiger partial charge on any atom is 0.411 e. The predicted octanol–water partition coefficient (Wildman–Crippen LogP) is 5.11. The van der Waals surface area contributed by atoms with Crippen molar-refractivity contribution in [3.8, 4) is 5.75 Å². The van der Waals surface area contributed by atoms with Gasteiger partial charge in [0, 0.05) is 10.7 Å². The molecule has 1 heterocycles. The summed E-state index contributed by atoms with van der Waals surface area (Å²) in [4.78, 5) is 27.7. The van der Waals surface area contributed by atoms with E-state index in [4.69, 9.17) is 18.9 Å². The van der Waals surface area contributed by atoms with E-state index in [0.717, 1.165) is 23.1 Å². The van der Waals surface area contributed by atoms with E-state index in [-0.39, 0.29) is 6.54 Å². The van der Waals surface area contributed by atoms with Gasteiger partial charge in [0.25, 0.3) is 0 Å². The first kappa shape index (κ1) is 27.2. The molecule has 184 valence electrons. The highest BCUT2D eigenvalue weighted by Gasteiger charge is 2.59. The van der Waals surface area contributed by atoms with Crippen LogP contribution in [0, 0.1) is 5.41 Å².